The van der Waals surface area contributed by atoms with Gasteiger partial charge in [-0.2, -0.15) is 0 Å². The van der Waals surface area contributed by atoms with Crippen molar-refractivity contribution < 1.29 is 14.6 Å². The molecule has 1 atom stereocenters. The largest absolute Gasteiger partial charge is 0.480 e. The number of carbonyl (C=O) groups is 1. The van der Waals surface area contributed by atoms with Gasteiger partial charge in [0.2, 0.25) is 0 Å². The minimum Gasteiger partial charge on any atom is -0.480 e. The SMILES string of the molecule is CCCNC(C)(CCCOC1CCCCC1)C(=O)O. The van der Waals surface area contributed by atoms with Gasteiger partial charge in [0.05, 0.1) is 6.10 Å². The summed E-state index contributed by atoms with van der Waals surface area (Å²) < 4.78 is 5.84. The van der Waals surface area contributed by atoms with Crippen LogP contribution in [0.3, 0.4) is 0 Å². The van der Waals surface area contributed by atoms with Gasteiger partial charge >= 0.3 is 5.97 Å². The van der Waals surface area contributed by atoms with E-state index in [1.165, 1.54) is 32.1 Å². The van der Waals surface area contributed by atoms with E-state index < -0.39 is 11.5 Å². The maximum atomic E-state index is 11.3. The topological polar surface area (TPSA) is 58.6 Å². The molecular weight excluding hydrogens is 242 g/mol. The lowest BCUT2D eigenvalue weighted by molar-refractivity contribution is -0.144. The monoisotopic (exact) mass is 271 g/mol. The molecule has 0 saturated heterocycles. The van der Waals surface area contributed by atoms with Crippen LogP contribution in [0.25, 0.3) is 0 Å². The average Bonchev–Trinajstić information content (AvgIpc) is 2.42. The predicted molar refractivity (Wildman–Crippen MR) is 76.4 cm³/mol. The Labute approximate surface area is 116 Å². The highest BCUT2D eigenvalue weighted by Crippen LogP contribution is 2.21. The quantitative estimate of drug-likeness (QED) is 0.633. The third kappa shape index (κ3) is 5.91. The fraction of sp³-hybridized carbons (Fsp3) is 0.933. The first-order valence-electron chi connectivity index (χ1n) is 7.68. The Bertz CT molecular complexity index is 264. The second-order valence-electron chi connectivity index (χ2n) is 5.80. The zero-order valence-corrected chi connectivity index (χ0v) is 12.4. The van der Waals surface area contributed by atoms with Crippen LogP contribution < -0.4 is 5.32 Å². The Hall–Kier alpha value is -0.610. The van der Waals surface area contributed by atoms with Crippen LogP contribution in [-0.4, -0.2) is 35.9 Å². The van der Waals surface area contributed by atoms with Crippen molar-refractivity contribution >= 4 is 5.97 Å². The van der Waals surface area contributed by atoms with E-state index in [-0.39, 0.29) is 0 Å². The van der Waals surface area contributed by atoms with Crippen LogP contribution in [0.2, 0.25) is 0 Å². The first-order chi connectivity index (χ1) is 9.08. The molecule has 4 nitrogen and oxygen atoms in total. The molecule has 0 radical (unpaired) electrons. The molecule has 0 aromatic carbocycles. The number of rotatable bonds is 9. The van der Waals surface area contributed by atoms with Crippen molar-refractivity contribution in [1.82, 2.24) is 5.32 Å². The van der Waals surface area contributed by atoms with Crippen molar-refractivity contribution in [2.45, 2.75) is 76.9 Å². The van der Waals surface area contributed by atoms with Gasteiger partial charge in [0, 0.05) is 6.61 Å². The van der Waals surface area contributed by atoms with E-state index in [4.69, 9.17) is 4.74 Å². The maximum absolute atomic E-state index is 11.3. The number of nitrogens with one attached hydrogen (secondary N) is 1. The molecule has 0 amide bonds. The van der Waals surface area contributed by atoms with E-state index in [9.17, 15) is 9.90 Å². The fourth-order valence-corrected chi connectivity index (χ4v) is 2.58. The van der Waals surface area contributed by atoms with Gasteiger partial charge in [-0.1, -0.05) is 26.2 Å². The molecule has 0 aromatic rings. The molecule has 0 bridgehead atoms. The van der Waals surface area contributed by atoms with Crippen LogP contribution in [0.5, 0.6) is 0 Å². The van der Waals surface area contributed by atoms with E-state index in [1.807, 2.05) is 6.92 Å². The van der Waals surface area contributed by atoms with Gasteiger partial charge in [0.25, 0.3) is 0 Å². The standard InChI is InChI=1S/C15H29NO3/c1-3-11-16-15(2,14(17)18)10-7-12-19-13-8-5-4-6-9-13/h13,16H,3-12H2,1-2H3,(H,17,18). The highest BCUT2D eigenvalue weighted by molar-refractivity contribution is 5.78. The van der Waals surface area contributed by atoms with E-state index in [2.05, 4.69) is 5.32 Å². The second kappa shape index (κ2) is 8.54. The molecule has 1 rings (SSSR count). The highest BCUT2D eigenvalue weighted by atomic mass is 16.5. The van der Waals surface area contributed by atoms with Crippen LogP contribution in [0.4, 0.5) is 0 Å². The van der Waals surface area contributed by atoms with Gasteiger partial charge in [-0.05, 0) is 45.6 Å². The van der Waals surface area contributed by atoms with Crippen molar-refractivity contribution in [2.75, 3.05) is 13.2 Å². The summed E-state index contributed by atoms with van der Waals surface area (Å²) in [5.41, 5.74) is -0.814. The average molecular weight is 271 g/mol. The molecule has 1 saturated carbocycles. The normalized spacial score (nSPS) is 20.1. The summed E-state index contributed by atoms with van der Waals surface area (Å²) in [6.07, 6.45) is 9.00. The lowest BCUT2D eigenvalue weighted by Gasteiger charge is -2.27. The molecule has 0 aliphatic heterocycles. The van der Waals surface area contributed by atoms with Gasteiger partial charge in [0.15, 0.2) is 0 Å². The second-order valence-corrected chi connectivity index (χ2v) is 5.80. The number of aliphatic carboxylic acids is 1. The summed E-state index contributed by atoms with van der Waals surface area (Å²) in [6, 6.07) is 0. The summed E-state index contributed by atoms with van der Waals surface area (Å²) in [6.45, 7) is 5.24. The maximum Gasteiger partial charge on any atom is 0.323 e. The molecule has 19 heavy (non-hydrogen) atoms. The summed E-state index contributed by atoms with van der Waals surface area (Å²) in [5, 5.41) is 12.4. The third-order valence-corrected chi connectivity index (χ3v) is 3.96. The molecular formula is C15H29NO3. The van der Waals surface area contributed by atoms with Gasteiger partial charge < -0.3 is 15.2 Å². The molecule has 1 unspecified atom stereocenters. The van der Waals surface area contributed by atoms with Gasteiger partial charge in [-0.15, -0.1) is 0 Å². The number of hydrogen-bond acceptors (Lipinski definition) is 3. The van der Waals surface area contributed by atoms with Gasteiger partial charge in [-0.3, -0.25) is 4.79 Å². The predicted octanol–water partition coefficient (Wildman–Crippen LogP) is 2.96. The first kappa shape index (κ1) is 16.4. The minimum atomic E-state index is -0.814. The molecule has 1 fully saturated rings. The van der Waals surface area contributed by atoms with Crippen LogP contribution >= 0.6 is 0 Å². The molecule has 112 valence electrons. The summed E-state index contributed by atoms with van der Waals surface area (Å²) in [5.74, 6) is -0.765. The van der Waals surface area contributed by atoms with Crippen LogP contribution in [-0.2, 0) is 9.53 Å². The number of ether oxygens (including phenoxy) is 1. The Morgan fingerprint density at radius 3 is 2.63 bits per heavy atom. The summed E-state index contributed by atoms with van der Waals surface area (Å²) >= 11 is 0. The smallest absolute Gasteiger partial charge is 0.323 e. The molecule has 0 heterocycles. The van der Waals surface area contributed by atoms with Crippen molar-refractivity contribution in [3.63, 3.8) is 0 Å². The number of hydrogen-bond donors (Lipinski definition) is 2. The summed E-state index contributed by atoms with van der Waals surface area (Å²) in [4.78, 5) is 11.3. The lowest BCUT2D eigenvalue weighted by Crippen LogP contribution is -2.49. The van der Waals surface area contributed by atoms with E-state index in [1.54, 1.807) is 6.92 Å². The number of carboxylic acids is 1. The molecule has 1 aliphatic rings. The molecule has 1 aliphatic carbocycles. The van der Waals surface area contributed by atoms with Crippen LogP contribution in [0.15, 0.2) is 0 Å². The third-order valence-electron chi connectivity index (χ3n) is 3.96. The van der Waals surface area contributed by atoms with Crippen molar-refractivity contribution in [1.29, 1.82) is 0 Å². The highest BCUT2D eigenvalue weighted by Gasteiger charge is 2.31. The van der Waals surface area contributed by atoms with Crippen molar-refractivity contribution in [2.24, 2.45) is 0 Å². The zero-order valence-electron chi connectivity index (χ0n) is 12.4. The molecule has 0 spiro atoms. The Balaban J connectivity index is 2.22. The fourth-order valence-electron chi connectivity index (χ4n) is 2.58. The number of carboxylic acid groups (broad SMARTS) is 1. The van der Waals surface area contributed by atoms with Gasteiger partial charge in [0.1, 0.15) is 5.54 Å². The molecule has 2 N–H and O–H groups in total. The summed E-state index contributed by atoms with van der Waals surface area (Å²) in [7, 11) is 0. The first-order valence-corrected chi connectivity index (χ1v) is 7.68. The minimum absolute atomic E-state index is 0.411. The Morgan fingerprint density at radius 2 is 2.05 bits per heavy atom. The Morgan fingerprint density at radius 1 is 1.37 bits per heavy atom. The van der Waals surface area contributed by atoms with E-state index >= 15 is 0 Å². The van der Waals surface area contributed by atoms with Crippen molar-refractivity contribution in [3.8, 4) is 0 Å². The van der Waals surface area contributed by atoms with E-state index in [0.29, 0.717) is 19.1 Å². The zero-order chi connectivity index (χ0) is 14.1. The molecule has 0 aromatic heterocycles. The Kier molecular flexibility index (Phi) is 7.39. The van der Waals surface area contributed by atoms with Gasteiger partial charge in [-0.25, -0.2) is 0 Å². The lowest BCUT2D eigenvalue weighted by atomic mass is 9.95. The molecule has 4 heteroatoms. The van der Waals surface area contributed by atoms with Crippen LogP contribution in [0, 0.1) is 0 Å². The van der Waals surface area contributed by atoms with Crippen LogP contribution in [0.1, 0.15) is 65.2 Å². The van der Waals surface area contributed by atoms with E-state index in [0.717, 1.165) is 19.4 Å². The van der Waals surface area contributed by atoms with Crippen molar-refractivity contribution in [3.05, 3.63) is 0 Å².